The summed E-state index contributed by atoms with van der Waals surface area (Å²) in [4.78, 5) is 2.56. The molecule has 3 heteroatoms. The van der Waals surface area contributed by atoms with Crippen LogP contribution >= 0.6 is 0 Å². The molecule has 18 heavy (non-hydrogen) atoms. The summed E-state index contributed by atoms with van der Waals surface area (Å²) >= 11 is 0. The highest BCUT2D eigenvalue weighted by Crippen LogP contribution is 2.23. The van der Waals surface area contributed by atoms with Gasteiger partial charge in [0.05, 0.1) is 6.10 Å². The van der Waals surface area contributed by atoms with Crippen LogP contribution < -0.4 is 5.32 Å². The lowest BCUT2D eigenvalue weighted by Gasteiger charge is -2.41. The maximum absolute atomic E-state index is 9.86. The molecule has 0 aromatic rings. The Morgan fingerprint density at radius 3 is 2.56 bits per heavy atom. The summed E-state index contributed by atoms with van der Waals surface area (Å²) in [5, 5.41) is 13.5. The molecule has 1 heterocycles. The molecule has 0 aromatic heterocycles. The number of rotatable bonds is 7. The Kier molecular flexibility index (Phi) is 7.20. The number of hydrogen-bond acceptors (Lipinski definition) is 3. The highest BCUT2D eigenvalue weighted by atomic mass is 16.3. The van der Waals surface area contributed by atoms with E-state index in [9.17, 15) is 5.11 Å². The summed E-state index contributed by atoms with van der Waals surface area (Å²) in [6.07, 6.45) is 4.14. The van der Waals surface area contributed by atoms with E-state index in [4.69, 9.17) is 0 Å². The van der Waals surface area contributed by atoms with E-state index in [1.54, 1.807) is 0 Å². The number of hydrogen-bond donors (Lipinski definition) is 2. The Bertz CT molecular complexity index is 221. The molecule has 108 valence electrons. The van der Waals surface area contributed by atoms with Gasteiger partial charge in [0.1, 0.15) is 0 Å². The topological polar surface area (TPSA) is 35.5 Å². The van der Waals surface area contributed by atoms with Gasteiger partial charge in [0.2, 0.25) is 0 Å². The predicted molar refractivity (Wildman–Crippen MR) is 77.8 cm³/mol. The Balaban J connectivity index is 2.50. The lowest BCUT2D eigenvalue weighted by atomic mass is 9.88. The van der Waals surface area contributed by atoms with E-state index in [-0.39, 0.29) is 6.10 Å². The van der Waals surface area contributed by atoms with Crippen molar-refractivity contribution in [2.45, 2.75) is 71.6 Å². The van der Waals surface area contributed by atoms with Crippen molar-refractivity contribution in [3.63, 3.8) is 0 Å². The van der Waals surface area contributed by atoms with E-state index in [2.05, 4.69) is 37.9 Å². The number of nitrogens with zero attached hydrogens (tertiary/aromatic N) is 1. The average Bonchev–Trinajstić information content (AvgIpc) is 2.35. The quantitative estimate of drug-likeness (QED) is 0.733. The zero-order valence-electron chi connectivity index (χ0n) is 12.7. The summed E-state index contributed by atoms with van der Waals surface area (Å²) in [5.41, 5.74) is 0. The molecule has 1 aliphatic heterocycles. The first-order valence-electron chi connectivity index (χ1n) is 7.72. The second-order valence-electron chi connectivity index (χ2n) is 6.10. The van der Waals surface area contributed by atoms with E-state index in [1.165, 1.54) is 12.8 Å². The van der Waals surface area contributed by atoms with Crippen molar-refractivity contribution < 1.29 is 5.11 Å². The minimum atomic E-state index is -0.117. The third-order valence-electron chi connectivity index (χ3n) is 4.06. The van der Waals surface area contributed by atoms with Crippen molar-refractivity contribution in [3.05, 3.63) is 0 Å². The van der Waals surface area contributed by atoms with Crippen molar-refractivity contribution in [2.75, 3.05) is 19.6 Å². The largest absolute Gasteiger partial charge is 0.393 e. The minimum absolute atomic E-state index is 0.117. The number of aliphatic hydroxyl groups is 1. The summed E-state index contributed by atoms with van der Waals surface area (Å²) in [6, 6.07) is 1.22. The summed E-state index contributed by atoms with van der Waals surface area (Å²) in [7, 11) is 0. The SMILES string of the molecule is CCCNC1CC(CC(O)CC)CN(C(C)C)C1. The molecule has 3 nitrogen and oxygen atoms in total. The van der Waals surface area contributed by atoms with E-state index in [1.807, 2.05) is 0 Å². The number of piperidine rings is 1. The third kappa shape index (κ3) is 5.25. The lowest BCUT2D eigenvalue weighted by Crippen LogP contribution is -2.52. The normalized spacial score (nSPS) is 27.7. The molecule has 3 unspecified atom stereocenters. The summed E-state index contributed by atoms with van der Waals surface area (Å²) in [5.74, 6) is 0.644. The van der Waals surface area contributed by atoms with Crippen LogP contribution in [0.1, 0.15) is 53.4 Å². The smallest absolute Gasteiger partial charge is 0.0540 e. The van der Waals surface area contributed by atoms with Gasteiger partial charge in [0, 0.05) is 25.2 Å². The van der Waals surface area contributed by atoms with Crippen LogP contribution in [-0.2, 0) is 0 Å². The fourth-order valence-electron chi connectivity index (χ4n) is 2.88. The molecule has 0 amide bonds. The zero-order valence-corrected chi connectivity index (χ0v) is 12.7. The van der Waals surface area contributed by atoms with Gasteiger partial charge in [0.25, 0.3) is 0 Å². The van der Waals surface area contributed by atoms with Gasteiger partial charge in [-0.25, -0.2) is 0 Å². The Morgan fingerprint density at radius 2 is 2.00 bits per heavy atom. The average molecular weight is 256 g/mol. The summed E-state index contributed by atoms with van der Waals surface area (Å²) in [6.45, 7) is 12.3. The van der Waals surface area contributed by atoms with Crippen LogP contribution in [0.5, 0.6) is 0 Å². The first-order valence-corrected chi connectivity index (χ1v) is 7.72. The molecule has 1 rings (SSSR count). The van der Waals surface area contributed by atoms with Gasteiger partial charge in [-0.3, -0.25) is 4.90 Å². The van der Waals surface area contributed by atoms with E-state index in [0.29, 0.717) is 18.0 Å². The zero-order chi connectivity index (χ0) is 13.5. The molecule has 3 atom stereocenters. The molecule has 0 aromatic carbocycles. The number of likely N-dealkylation sites (tertiary alicyclic amines) is 1. The molecule has 0 bridgehead atoms. The van der Waals surface area contributed by atoms with Gasteiger partial charge >= 0.3 is 0 Å². The van der Waals surface area contributed by atoms with Crippen LogP contribution in [0.2, 0.25) is 0 Å². The van der Waals surface area contributed by atoms with Crippen LogP contribution in [0.15, 0.2) is 0 Å². The van der Waals surface area contributed by atoms with Gasteiger partial charge in [-0.1, -0.05) is 13.8 Å². The molecule has 0 saturated carbocycles. The van der Waals surface area contributed by atoms with Crippen molar-refractivity contribution in [2.24, 2.45) is 5.92 Å². The standard InChI is InChI=1S/C15H32N2O/c1-5-7-16-14-8-13(9-15(18)6-2)10-17(11-14)12(3)4/h12-16,18H,5-11H2,1-4H3. The molecular formula is C15H32N2O. The first-order chi connectivity index (χ1) is 8.56. The monoisotopic (exact) mass is 256 g/mol. The minimum Gasteiger partial charge on any atom is -0.393 e. The number of nitrogens with one attached hydrogen (secondary N) is 1. The summed E-state index contributed by atoms with van der Waals surface area (Å²) < 4.78 is 0. The van der Waals surface area contributed by atoms with Crippen molar-refractivity contribution in [1.82, 2.24) is 10.2 Å². The van der Waals surface area contributed by atoms with E-state index >= 15 is 0 Å². The molecule has 2 N–H and O–H groups in total. The van der Waals surface area contributed by atoms with Gasteiger partial charge in [-0.15, -0.1) is 0 Å². The van der Waals surface area contributed by atoms with Gasteiger partial charge in [0.15, 0.2) is 0 Å². The van der Waals surface area contributed by atoms with Crippen molar-refractivity contribution in [3.8, 4) is 0 Å². The van der Waals surface area contributed by atoms with Gasteiger partial charge < -0.3 is 10.4 Å². The van der Waals surface area contributed by atoms with Crippen LogP contribution in [-0.4, -0.2) is 47.8 Å². The molecule has 1 fully saturated rings. The molecule has 1 aliphatic rings. The van der Waals surface area contributed by atoms with E-state index < -0.39 is 0 Å². The second-order valence-corrected chi connectivity index (χ2v) is 6.10. The van der Waals surface area contributed by atoms with Crippen LogP contribution in [0.3, 0.4) is 0 Å². The van der Waals surface area contributed by atoms with Crippen molar-refractivity contribution >= 4 is 0 Å². The Morgan fingerprint density at radius 1 is 1.28 bits per heavy atom. The molecule has 0 radical (unpaired) electrons. The molecule has 0 spiro atoms. The molecule has 1 saturated heterocycles. The Labute approximate surface area is 113 Å². The maximum Gasteiger partial charge on any atom is 0.0540 e. The van der Waals surface area contributed by atoms with Crippen molar-refractivity contribution in [1.29, 1.82) is 0 Å². The lowest BCUT2D eigenvalue weighted by molar-refractivity contribution is 0.0695. The molecule has 0 aliphatic carbocycles. The number of aliphatic hydroxyl groups excluding tert-OH is 1. The van der Waals surface area contributed by atoms with Gasteiger partial charge in [-0.2, -0.15) is 0 Å². The highest BCUT2D eigenvalue weighted by Gasteiger charge is 2.29. The Hall–Kier alpha value is -0.120. The van der Waals surface area contributed by atoms with Crippen LogP contribution in [0, 0.1) is 5.92 Å². The fraction of sp³-hybridized carbons (Fsp3) is 1.00. The fourth-order valence-corrected chi connectivity index (χ4v) is 2.88. The molecular weight excluding hydrogens is 224 g/mol. The third-order valence-corrected chi connectivity index (χ3v) is 4.06. The van der Waals surface area contributed by atoms with Crippen LogP contribution in [0.4, 0.5) is 0 Å². The highest BCUT2D eigenvalue weighted by molar-refractivity contribution is 4.85. The maximum atomic E-state index is 9.86. The predicted octanol–water partition coefficient (Wildman–Crippen LogP) is 2.25. The van der Waals surface area contributed by atoms with Crippen LogP contribution in [0.25, 0.3) is 0 Å². The van der Waals surface area contributed by atoms with E-state index in [0.717, 1.165) is 32.5 Å². The van der Waals surface area contributed by atoms with Gasteiger partial charge in [-0.05, 0) is 52.0 Å². The second kappa shape index (κ2) is 8.13. The first kappa shape index (κ1) is 15.9.